The van der Waals surface area contributed by atoms with Crippen molar-refractivity contribution in [2.45, 2.75) is 44.1 Å². The van der Waals surface area contributed by atoms with Gasteiger partial charge in [-0.05, 0) is 18.4 Å². The van der Waals surface area contributed by atoms with Crippen LogP contribution in [0.3, 0.4) is 0 Å². The first-order valence-electron chi connectivity index (χ1n) is 7.27. The van der Waals surface area contributed by atoms with Crippen molar-refractivity contribution in [1.29, 1.82) is 0 Å². The van der Waals surface area contributed by atoms with E-state index in [0.29, 0.717) is 6.54 Å². The fraction of sp³-hybridized carbons (Fsp3) is 0.533. The lowest BCUT2D eigenvalue weighted by Crippen LogP contribution is -2.51. The zero-order chi connectivity index (χ0) is 15.3. The molecule has 1 saturated carbocycles. The predicted molar refractivity (Wildman–Crippen MR) is 87.1 cm³/mol. The number of amides is 1. The summed E-state index contributed by atoms with van der Waals surface area (Å²) in [4.78, 5) is 22.0. The van der Waals surface area contributed by atoms with Gasteiger partial charge in [-0.1, -0.05) is 31.4 Å². The highest BCUT2D eigenvalue weighted by Crippen LogP contribution is 2.25. The van der Waals surface area contributed by atoms with Gasteiger partial charge in [0.05, 0.1) is 11.3 Å². The lowest BCUT2D eigenvalue weighted by atomic mass is 9.82. The van der Waals surface area contributed by atoms with E-state index in [1.165, 1.54) is 18.6 Å². The van der Waals surface area contributed by atoms with Gasteiger partial charge in [0.25, 0.3) is 5.69 Å². The number of nitro groups is 1. The topological polar surface area (TPSA) is 98.3 Å². The summed E-state index contributed by atoms with van der Waals surface area (Å²) in [6, 6.07) is 6.04. The second-order valence-electron chi connectivity index (χ2n) is 5.80. The van der Waals surface area contributed by atoms with Gasteiger partial charge < -0.3 is 11.1 Å². The molecule has 2 rings (SSSR count). The number of nitrogens with two attached hydrogens (primary N) is 1. The number of rotatable bonds is 5. The number of non-ortho nitro benzene ring substituents is 1. The molecule has 22 heavy (non-hydrogen) atoms. The van der Waals surface area contributed by atoms with Crippen LogP contribution in [0.4, 0.5) is 5.69 Å². The number of nitro benzene ring substituents is 1. The quantitative estimate of drug-likeness (QED) is 0.640. The van der Waals surface area contributed by atoms with Gasteiger partial charge in [-0.2, -0.15) is 0 Å². The van der Waals surface area contributed by atoms with E-state index < -0.39 is 4.92 Å². The summed E-state index contributed by atoms with van der Waals surface area (Å²) in [7, 11) is 0. The highest BCUT2D eigenvalue weighted by Gasteiger charge is 2.27. The first-order chi connectivity index (χ1) is 9.98. The van der Waals surface area contributed by atoms with Crippen LogP contribution in [0.15, 0.2) is 24.3 Å². The smallest absolute Gasteiger partial charge is 0.269 e. The molecule has 0 bridgehead atoms. The van der Waals surface area contributed by atoms with Gasteiger partial charge in [0, 0.05) is 24.2 Å². The van der Waals surface area contributed by atoms with Gasteiger partial charge in [0.15, 0.2) is 0 Å². The fourth-order valence-corrected chi connectivity index (χ4v) is 2.69. The molecular formula is C15H22ClN3O3. The summed E-state index contributed by atoms with van der Waals surface area (Å²) in [5, 5.41) is 13.4. The molecule has 1 amide bonds. The molecule has 6 nitrogen and oxygen atoms in total. The van der Waals surface area contributed by atoms with E-state index in [4.69, 9.17) is 5.73 Å². The zero-order valence-corrected chi connectivity index (χ0v) is 13.2. The molecule has 122 valence electrons. The molecule has 0 unspecified atom stereocenters. The second kappa shape index (κ2) is 8.10. The number of hydrogen-bond acceptors (Lipinski definition) is 4. The van der Waals surface area contributed by atoms with Crippen LogP contribution in [0, 0.1) is 10.1 Å². The normalized spacial score (nSPS) is 16.4. The minimum Gasteiger partial charge on any atom is -0.354 e. The first-order valence-corrected chi connectivity index (χ1v) is 7.27. The van der Waals surface area contributed by atoms with E-state index in [0.717, 1.165) is 31.2 Å². The van der Waals surface area contributed by atoms with Crippen LogP contribution in [0.1, 0.15) is 37.7 Å². The van der Waals surface area contributed by atoms with E-state index in [1.807, 2.05) is 0 Å². The van der Waals surface area contributed by atoms with E-state index in [2.05, 4.69) is 5.32 Å². The maximum atomic E-state index is 11.9. The van der Waals surface area contributed by atoms with Crippen LogP contribution < -0.4 is 11.1 Å². The maximum Gasteiger partial charge on any atom is 0.269 e. The Bertz CT molecular complexity index is 513. The molecule has 0 atom stereocenters. The third kappa shape index (κ3) is 5.27. The molecule has 7 heteroatoms. The molecule has 0 aliphatic heterocycles. The maximum absolute atomic E-state index is 11.9. The van der Waals surface area contributed by atoms with Crippen molar-refractivity contribution in [3.05, 3.63) is 39.9 Å². The van der Waals surface area contributed by atoms with E-state index >= 15 is 0 Å². The van der Waals surface area contributed by atoms with Crippen molar-refractivity contribution in [1.82, 2.24) is 5.32 Å². The van der Waals surface area contributed by atoms with Crippen LogP contribution in [-0.4, -0.2) is 22.9 Å². The van der Waals surface area contributed by atoms with Gasteiger partial charge in [-0.15, -0.1) is 12.4 Å². The summed E-state index contributed by atoms with van der Waals surface area (Å²) in [6.45, 7) is 0.499. The largest absolute Gasteiger partial charge is 0.354 e. The SMILES string of the molecule is Cl.NC1(CNC(=O)Cc2ccc([N+](=O)[O-])cc2)CCCCC1. The Labute approximate surface area is 136 Å². The van der Waals surface area contributed by atoms with Crippen molar-refractivity contribution in [2.24, 2.45) is 5.73 Å². The van der Waals surface area contributed by atoms with Gasteiger partial charge in [0.2, 0.25) is 5.91 Å². The fourth-order valence-electron chi connectivity index (χ4n) is 2.69. The number of carbonyl (C=O) groups excluding carboxylic acids is 1. The molecule has 1 aromatic rings. The molecule has 3 N–H and O–H groups in total. The number of benzene rings is 1. The van der Waals surface area contributed by atoms with Gasteiger partial charge in [-0.25, -0.2) is 0 Å². The average Bonchev–Trinajstić information content (AvgIpc) is 2.47. The summed E-state index contributed by atoms with van der Waals surface area (Å²) >= 11 is 0. The molecule has 0 saturated heterocycles. The molecule has 1 aromatic carbocycles. The monoisotopic (exact) mass is 327 g/mol. The highest BCUT2D eigenvalue weighted by atomic mass is 35.5. The molecule has 1 fully saturated rings. The number of nitrogens with zero attached hydrogens (tertiary/aromatic N) is 1. The van der Waals surface area contributed by atoms with Crippen LogP contribution in [0.5, 0.6) is 0 Å². The molecule has 0 aromatic heterocycles. The van der Waals surface area contributed by atoms with Crippen LogP contribution in [0.2, 0.25) is 0 Å². The Kier molecular flexibility index (Phi) is 6.77. The van der Waals surface area contributed by atoms with Crippen molar-refractivity contribution in [3.8, 4) is 0 Å². The van der Waals surface area contributed by atoms with Crippen LogP contribution in [-0.2, 0) is 11.2 Å². The minimum atomic E-state index is -0.453. The van der Waals surface area contributed by atoms with Crippen LogP contribution >= 0.6 is 12.4 Å². The van der Waals surface area contributed by atoms with Crippen LogP contribution in [0.25, 0.3) is 0 Å². The van der Waals surface area contributed by atoms with Gasteiger partial charge >= 0.3 is 0 Å². The predicted octanol–water partition coefficient (Wildman–Crippen LogP) is 2.34. The second-order valence-corrected chi connectivity index (χ2v) is 5.80. The van der Waals surface area contributed by atoms with Gasteiger partial charge in [0.1, 0.15) is 0 Å². The molecule has 0 heterocycles. The minimum absolute atomic E-state index is 0. The number of halogens is 1. The average molecular weight is 328 g/mol. The highest BCUT2D eigenvalue weighted by molar-refractivity contribution is 5.85. The molecule has 0 spiro atoms. The summed E-state index contributed by atoms with van der Waals surface area (Å²) in [5.74, 6) is -0.0979. The number of carbonyl (C=O) groups is 1. The Morgan fingerprint density at radius 1 is 1.23 bits per heavy atom. The zero-order valence-electron chi connectivity index (χ0n) is 12.4. The van der Waals surface area contributed by atoms with Crippen molar-refractivity contribution in [3.63, 3.8) is 0 Å². The Balaban J connectivity index is 0.00000242. The molecule has 0 radical (unpaired) electrons. The number of hydrogen-bond donors (Lipinski definition) is 2. The van der Waals surface area contributed by atoms with Crippen molar-refractivity contribution < 1.29 is 9.72 Å². The Hall–Kier alpha value is -1.66. The lowest BCUT2D eigenvalue weighted by Gasteiger charge is -2.33. The Morgan fingerprint density at radius 2 is 1.82 bits per heavy atom. The van der Waals surface area contributed by atoms with E-state index in [1.54, 1.807) is 12.1 Å². The standard InChI is InChI=1S/C15H21N3O3.ClH/c16-15(8-2-1-3-9-15)11-17-14(19)10-12-4-6-13(7-5-12)18(20)21;/h4-7H,1-3,8-11,16H2,(H,17,19);1H. The Morgan fingerprint density at radius 3 is 2.36 bits per heavy atom. The van der Waals surface area contributed by atoms with E-state index in [9.17, 15) is 14.9 Å². The molecular weight excluding hydrogens is 306 g/mol. The van der Waals surface area contributed by atoms with Crippen molar-refractivity contribution >= 4 is 24.0 Å². The lowest BCUT2D eigenvalue weighted by molar-refractivity contribution is -0.384. The summed E-state index contributed by atoms with van der Waals surface area (Å²) < 4.78 is 0. The number of nitrogens with one attached hydrogen (secondary N) is 1. The van der Waals surface area contributed by atoms with E-state index in [-0.39, 0.29) is 36.0 Å². The third-order valence-electron chi connectivity index (χ3n) is 4.00. The first kappa shape index (κ1) is 18.4. The van der Waals surface area contributed by atoms with Crippen molar-refractivity contribution in [2.75, 3.05) is 6.54 Å². The van der Waals surface area contributed by atoms with Gasteiger partial charge in [-0.3, -0.25) is 14.9 Å². The summed E-state index contributed by atoms with van der Waals surface area (Å²) in [6.07, 6.45) is 5.57. The third-order valence-corrected chi connectivity index (χ3v) is 4.00. The molecule has 1 aliphatic carbocycles. The molecule has 1 aliphatic rings. The summed E-state index contributed by atoms with van der Waals surface area (Å²) in [5.41, 5.74) is 6.78.